The van der Waals surface area contributed by atoms with Gasteiger partial charge in [-0.2, -0.15) is 5.10 Å². The molecule has 6 heteroatoms. The van der Waals surface area contributed by atoms with Crippen LogP contribution in [0.2, 0.25) is 0 Å². The summed E-state index contributed by atoms with van der Waals surface area (Å²) in [7, 11) is 0. The number of rotatable bonds is 5. The summed E-state index contributed by atoms with van der Waals surface area (Å²) in [5.41, 5.74) is 2.01. The van der Waals surface area contributed by atoms with Crippen molar-refractivity contribution in [2.24, 2.45) is 0 Å². The van der Waals surface area contributed by atoms with Crippen molar-refractivity contribution in [1.82, 2.24) is 14.7 Å². The predicted octanol–water partition coefficient (Wildman–Crippen LogP) is 2.57. The lowest BCUT2D eigenvalue weighted by atomic mass is 10.2. The number of benzene rings is 2. The first kappa shape index (κ1) is 17.5. The van der Waals surface area contributed by atoms with Crippen LogP contribution in [0.15, 0.2) is 59.5 Å². The molecule has 1 aliphatic rings. The lowest BCUT2D eigenvalue weighted by Crippen LogP contribution is -2.47. The van der Waals surface area contributed by atoms with Gasteiger partial charge in [0.05, 0.1) is 30.7 Å². The Kier molecular flexibility index (Phi) is 5.07. The van der Waals surface area contributed by atoms with E-state index in [9.17, 15) is 4.79 Å². The second kappa shape index (κ2) is 7.80. The molecule has 1 aliphatic heterocycles. The van der Waals surface area contributed by atoms with Gasteiger partial charge in [-0.05, 0) is 31.2 Å². The maximum Gasteiger partial charge on any atom is 0.207 e. The van der Waals surface area contributed by atoms with E-state index >= 15 is 0 Å². The van der Waals surface area contributed by atoms with E-state index < -0.39 is 0 Å². The molecule has 2 aromatic carbocycles. The van der Waals surface area contributed by atoms with Crippen LogP contribution < -0.4 is 15.1 Å². The molecule has 3 aromatic rings. The number of anilines is 1. The molecule has 0 unspecified atom stereocenters. The van der Waals surface area contributed by atoms with E-state index in [0.29, 0.717) is 13.3 Å². The molecule has 0 aliphatic carbocycles. The van der Waals surface area contributed by atoms with Gasteiger partial charge < -0.3 is 9.64 Å². The van der Waals surface area contributed by atoms with Crippen molar-refractivity contribution in [2.45, 2.75) is 13.6 Å². The van der Waals surface area contributed by atoms with Gasteiger partial charge in [-0.3, -0.25) is 14.4 Å². The summed E-state index contributed by atoms with van der Waals surface area (Å²) < 4.78 is 7.69. The van der Waals surface area contributed by atoms with Gasteiger partial charge in [-0.15, -0.1) is 0 Å². The van der Waals surface area contributed by atoms with Crippen LogP contribution in [0.3, 0.4) is 0 Å². The molecule has 0 amide bonds. The van der Waals surface area contributed by atoms with Crippen molar-refractivity contribution in [3.05, 3.63) is 65.0 Å². The molecule has 140 valence electrons. The smallest absolute Gasteiger partial charge is 0.207 e. The predicted molar refractivity (Wildman–Crippen MR) is 107 cm³/mol. The highest BCUT2D eigenvalue weighted by Gasteiger charge is 2.20. The monoisotopic (exact) mass is 364 g/mol. The zero-order valence-corrected chi connectivity index (χ0v) is 15.5. The molecule has 0 bridgehead atoms. The normalized spacial score (nSPS) is 15.2. The average molecular weight is 364 g/mol. The van der Waals surface area contributed by atoms with Crippen LogP contribution >= 0.6 is 0 Å². The highest BCUT2D eigenvalue weighted by atomic mass is 16.5. The first-order chi connectivity index (χ1) is 13.3. The van der Waals surface area contributed by atoms with Crippen LogP contribution in [0.1, 0.15) is 6.92 Å². The van der Waals surface area contributed by atoms with Crippen LogP contribution in [0.25, 0.3) is 10.9 Å². The lowest BCUT2D eigenvalue weighted by molar-refractivity contribution is 0.198. The van der Waals surface area contributed by atoms with Gasteiger partial charge in [0, 0.05) is 31.6 Å². The molecule has 0 spiro atoms. The van der Waals surface area contributed by atoms with Gasteiger partial charge in [-0.25, -0.2) is 0 Å². The number of fused-ring (bicyclic) bond motifs is 1. The molecule has 2 heterocycles. The number of aromatic nitrogens is 2. The van der Waals surface area contributed by atoms with Gasteiger partial charge in [-0.1, -0.05) is 24.3 Å². The second-order valence-electron chi connectivity index (χ2n) is 6.67. The Morgan fingerprint density at radius 1 is 1.00 bits per heavy atom. The molecular weight excluding hydrogens is 340 g/mol. The highest BCUT2D eigenvalue weighted by molar-refractivity contribution is 5.77. The van der Waals surface area contributed by atoms with E-state index in [0.717, 1.165) is 48.5 Å². The zero-order chi connectivity index (χ0) is 18.6. The molecular formula is C21H24N4O2. The Labute approximate surface area is 158 Å². The van der Waals surface area contributed by atoms with Gasteiger partial charge in [0.1, 0.15) is 5.75 Å². The highest BCUT2D eigenvalue weighted by Crippen LogP contribution is 2.28. The summed E-state index contributed by atoms with van der Waals surface area (Å²) in [5, 5.41) is 5.06. The number of para-hydroxylation sites is 3. The topological polar surface area (TPSA) is 50.6 Å². The van der Waals surface area contributed by atoms with Crippen molar-refractivity contribution >= 4 is 16.6 Å². The summed E-state index contributed by atoms with van der Waals surface area (Å²) in [6, 6.07) is 15.9. The van der Waals surface area contributed by atoms with Crippen LogP contribution in [0.4, 0.5) is 5.69 Å². The Balaban J connectivity index is 1.47. The Bertz CT molecular complexity index is 977. The molecule has 1 fully saturated rings. The van der Waals surface area contributed by atoms with Crippen molar-refractivity contribution in [1.29, 1.82) is 0 Å². The fraction of sp³-hybridized carbons (Fsp3) is 0.333. The molecule has 6 nitrogen and oxygen atoms in total. The molecule has 4 rings (SSSR count). The minimum atomic E-state index is -0.0285. The van der Waals surface area contributed by atoms with Crippen LogP contribution in [-0.4, -0.2) is 47.5 Å². The largest absolute Gasteiger partial charge is 0.492 e. The van der Waals surface area contributed by atoms with Gasteiger partial charge in [0.15, 0.2) is 0 Å². The second-order valence-corrected chi connectivity index (χ2v) is 6.67. The minimum Gasteiger partial charge on any atom is -0.492 e. The van der Waals surface area contributed by atoms with Crippen molar-refractivity contribution < 1.29 is 4.74 Å². The van der Waals surface area contributed by atoms with Gasteiger partial charge in [0.25, 0.3) is 0 Å². The fourth-order valence-electron chi connectivity index (χ4n) is 3.59. The number of piperazine rings is 1. The minimum absolute atomic E-state index is 0.0285. The molecule has 1 aromatic heterocycles. The van der Waals surface area contributed by atoms with E-state index in [4.69, 9.17) is 4.74 Å². The Morgan fingerprint density at radius 3 is 2.56 bits per heavy atom. The number of ether oxygens (including phenoxy) is 1. The third-order valence-electron chi connectivity index (χ3n) is 4.97. The first-order valence-corrected chi connectivity index (χ1v) is 9.40. The zero-order valence-electron chi connectivity index (χ0n) is 15.5. The summed E-state index contributed by atoms with van der Waals surface area (Å²) in [4.78, 5) is 16.7. The summed E-state index contributed by atoms with van der Waals surface area (Å²) in [5.74, 6) is 0.946. The van der Waals surface area contributed by atoms with E-state index in [1.54, 1.807) is 0 Å². The maximum absolute atomic E-state index is 12.0. The maximum atomic E-state index is 12.0. The third kappa shape index (κ3) is 3.66. The molecule has 27 heavy (non-hydrogen) atoms. The van der Waals surface area contributed by atoms with Crippen molar-refractivity contribution in [3.8, 4) is 5.75 Å². The summed E-state index contributed by atoms with van der Waals surface area (Å²) >= 11 is 0. The molecule has 0 saturated carbocycles. The Morgan fingerprint density at radius 2 is 1.74 bits per heavy atom. The summed E-state index contributed by atoms with van der Waals surface area (Å²) in [6.45, 7) is 7.09. The van der Waals surface area contributed by atoms with Crippen LogP contribution in [0, 0.1) is 0 Å². The number of hydrogen-bond donors (Lipinski definition) is 0. The molecule has 1 saturated heterocycles. The number of hydrogen-bond acceptors (Lipinski definition) is 5. The average Bonchev–Trinajstić information content (AvgIpc) is 2.72. The van der Waals surface area contributed by atoms with Crippen LogP contribution in [-0.2, 0) is 6.67 Å². The van der Waals surface area contributed by atoms with E-state index in [-0.39, 0.29) is 5.43 Å². The first-order valence-electron chi connectivity index (χ1n) is 9.40. The molecule has 0 radical (unpaired) electrons. The standard InChI is InChI=1S/C21H24N4O2/c1-2-27-21-10-6-5-9-19(21)24-13-11-23(12-14-24)16-25-18-8-4-3-7-17(18)20(26)15-22-25/h3-10,15H,2,11-14,16H2,1H3. The van der Waals surface area contributed by atoms with Crippen molar-refractivity contribution in [3.63, 3.8) is 0 Å². The Hall–Kier alpha value is -2.86. The lowest BCUT2D eigenvalue weighted by Gasteiger charge is -2.36. The van der Waals surface area contributed by atoms with Crippen LogP contribution in [0.5, 0.6) is 5.75 Å². The number of nitrogens with zero attached hydrogens (tertiary/aromatic N) is 4. The van der Waals surface area contributed by atoms with E-state index in [2.05, 4.69) is 27.0 Å². The molecule has 0 atom stereocenters. The van der Waals surface area contributed by atoms with Gasteiger partial charge >= 0.3 is 0 Å². The summed E-state index contributed by atoms with van der Waals surface area (Å²) in [6.07, 6.45) is 1.41. The van der Waals surface area contributed by atoms with Gasteiger partial charge in [0.2, 0.25) is 5.43 Å². The fourth-order valence-corrected chi connectivity index (χ4v) is 3.59. The molecule has 0 N–H and O–H groups in total. The third-order valence-corrected chi connectivity index (χ3v) is 4.97. The quantitative estimate of drug-likeness (QED) is 0.696. The van der Waals surface area contributed by atoms with Crippen molar-refractivity contribution in [2.75, 3.05) is 37.7 Å². The van der Waals surface area contributed by atoms with E-state index in [1.165, 1.54) is 6.20 Å². The van der Waals surface area contributed by atoms with E-state index in [1.807, 2.05) is 48.0 Å². The SMILES string of the molecule is CCOc1ccccc1N1CCN(Cn2ncc(=O)c3ccccc32)CC1.